The summed E-state index contributed by atoms with van der Waals surface area (Å²) >= 11 is 0. The topological polar surface area (TPSA) is 12.0 Å². The van der Waals surface area contributed by atoms with E-state index in [9.17, 15) is 0 Å². The molecule has 1 aliphatic rings. The molecule has 100 valence electrons. The van der Waals surface area contributed by atoms with Crippen LogP contribution < -0.4 is 5.32 Å². The highest BCUT2D eigenvalue weighted by Gasteiger charge is 2.21. The molecule has 0 spiro atoms. The first-order valence-corrected chi connectivity index (χ1v) is 7.42. The van der Waals surface area contributed by atoms with E-state index in [1.807, 2.05) is 0 Å². The van der Waals surface area contributed by atoms with Crippen LogP contribution in [0.3, 0.4) is 0 Å². The Morgan fingerprint density at radius 3 is 2.28 bits per heavy atom. The van der Waals surface area contributed by atoms with Crippen molar-refractivity contribution in [1.82, 2.24) is 5.32 Å². The zero-order valence-electron chi connectivity index (χ0n) is 12.3. The maximum absolute atomic E-state index is 3.51. The van der Waals surface area contributed by atoms with Gasteiger partial charge in [-0.05, 0) is 61.3 Å². The van der Waals surface area contributed by atoms with Crippen molar-refractivity contribution in [2.75, 3.05) is 7.05 Å². The first-order chi connectivity index (χ1) is 8.63. The molecule has 0 saturated heterocycles. The van der Waals surface area contributed by atoms with Gasteiger partial charge in [-0.15, -0.1) is 0 Å². The van der Waals surface area contributed by atoms with Crippen LogP contribution in [0, 0.1) is 11.8 Å². The van der Waals surface area contributed by atoms with Gasteiger partial charge in [0.2, 0.25) is 0 Å². The molecule has 0 amide bonds. The number of rotatable bonds is 4. The minimum atomic E-state index is 0.484. The van der Waals surface area contributed by atoms with Crippen LogP contribution in [-0.2, 0) is 12.8 Å². The summed E-state index contributed by atoms with van der Waals surface area (Å²) in [5, 5.41) is 3.51. The Balaban J connectivity index is 2.26. The van der Waals surface area contributed by atoms with E-state index in [4.69, 9.17) is 0 Å². The highest BCUT2D eigenvalue weighted by molar-refractivity contribution is 5.35. The molecular formula is C17H27N. The Bertz CT molecular complexity index is 395. The number of hydrogen-bond donors (Lipinski definition) is 1. The van der Waals surface area contributed by atoms with Crippen molar-refractivity contribution in [2.24, 2.45) is 11.8 Å². The summed E-state index contributed by atoms with van der Waals surface area (Å²) in [7, 11) is 2.09. The van der Waals surface area contributed by atoms with E-state index in [1.54, 1.807) is 11.1 Å². The van der Waals surface area contributed by atoms with Crippen LogP contribution in [0.2, 0.25) is 0 Å². The van der Waals surface area contributed by atoms with Gasteiger partial charge in [-0.1, -0.05) is 39.0 Å². The lowest BCUT2D eigenvalue weighted by atomic mass is 9.83. The van der Waals surface area contributed by atoms with E-state index in [2.05, 4.69) is 51.3 Å². The maximum atomic E-state index is 3.51. The number of aryl methyl sites for hydroxylation is 2. The van der Waals surface area contributed by atoms with Gasteiger partial charge >= 0.3 is 0 Å². The molecule has 1 aromatic rings. The Labute approximate surface area is 112 Å². The summed E-state index contributed by atoms with van der Waals surface area (Å²) in [6.07, 6.45) is 5.28. The standard InChI is InChI=1S/C17H27N/c1-12(2)13(3)17(18-4)16-10-9-14-7-5-6-8-15(14)11-16/h9-13,17-18H,5-8H2,1-4H3. The molecule has 2 unspecified atom stereocenters. The molecule has 1 aromatic carbocycles. The highest BCUT2D eigenvalue weighted by Crippen LogP contribution is 2.30. The fraction of sp³-hybridized carbons (Fsp3) is 0.647. The molecule has 0 aliphatic heterocycles. The molecule has 0 heterocycles. The monoisotopic (exact) mass is 245 g/mol. The zero-order chi connectivity index (χ0) is 13.1. The highest BCUT2D eigenvalue weighted by atomic mass is 14.9. The number of fused-ring (bicyclic) bond motifs is 1. The summed E-state index contributed by atoms with van der Waals surface area (Å²) in [6.45, 7) is 6.98. The summed E-state index contributed by atoms with van der Waals surface area (Å²) < 4.78 is 0. The van der Waals surface area contributed by atoms with Gasteiger partial charge in [0, 0.05) is 6.04 Å². The lowest BCUT2D eigenvalue weighted by Gasteiger charge is -2.28. The molecular weight excluding hydrogens is 218 g/mol. The van der Waals surface area contributed by atoms with Crippen LogP contribution in [0.25, 0.3) is 0 Å². The first-order valence-electron chi connectivity index (χ1n) is 7.42. The van der Waals surface area contributed by atoms with Gasteiger partial charge in [-0.25, -0.2) is 0 Å². The van der Waals surface area contributed by atoms with Gasteiger partial charge in [-0.3, -0.25) is 0 Å². The van der Waals surface area contributed by atoms with Crippen LogP contribution in [0.5, 0.6) is 0 Å². The third kappa shape index (κ3) is 2.77. The molecule has 1 N–H and O–H groups in total. The zero-order valence-corrected chi connectivity index (χ0v) is 12.3. The van der Waals surface area contributed by atoms with E-state index < -0.39 is 0 Å². The van der Waals surface area contributed by atoms with Crippen LogP contribution >= 0.6 is 0 Å². The molecule has 1 nitrogen and oxygen atoms in total. The van der Waals surface area contributed by atoms with E-state index in [0.717, 1.165) is 0 Å². The summed E-state index contributed by atoms with van der Waals surface area (Å²) in [6, 6.07) is 7.64. The van der Waals surface area contributed by atoms with Crippen molar-refractivity contribution in [3.8, 4) is 0 Å². The molecule has 0 saturated carbocycles. The molecule has 1 aliphatic carbocycles. The van der Waals surface area contributed by atoms with Crippen molar-refractivity contribution in [2.45, 2.75) is 52.5 Å². The molecule has 0 fully saturated rings. The van der Waals surface area contributed by atoms with Crippen LogP contribution in [-0.4, -0.2) is 7.05 Å². The second-order valence-corrected chi connectivity index (χ2v) is 6.10. The van der Waals surface area contributed by atoms with Crippen molar-refractivity contribution < 1.29 is 0 Å². The number of hydrogen-bond acceptors (Lipinski definition) is 1. The minimum absolute atomic E-state index is 0.484. The summed E-state index contributed by atoms with van der Waals surface area (Å²) in [5.41, 5.74) is 4.64. The van der Waals surface area contributed by atoms with Crippen LogP contribution in [0.15, 0.2) is 18.2 Å². The predicted molar refractivity (Wildman–Crippen MR) is 78.9 cm³/mol. The Morgan fingerprint density at radius 2 is 1.67 bits per heavy atom. The second kappa shape index (κ2) is 5.88. The number of nitrogens with one attached hydrogen (secondary N) is 1. The van der Waals surface area contributed by atoms with E-state index >= 15 is 0 Å². The fourth-order valence-electron chi connectivity index (χ4n) is 3.06. The first kappa shape index (κ1) is 13.6. The lowest BCUT2D eigenvalue weighted by Crippen LogP contribution is -2.27. The average Bonchev–Trinajstić information content (AvgIpc) is 2.39. The Kier molecular flexibility index (Phi) is 4.45. The average molecular weight is 245 g/mol. The SMILES string of the molecule is CNC(c1ccc2c(c1)CCCC2)C(C)C(C)C. The quantitative estimate of drug-likeness (QED) is 0.841. The van der Waals surface area contributed by atoms with Crippen molar-refractivity contribution in [1.29, 1.82) is 0 Å². The lowest BCUT2D eigenvalue weighted by molar-refractivity contribution is 0.317. The third-order valence-electron chi connectivity index (χ3n) is 4.62. The van der Waals surface area contributed by atoms with Crippen molar-refractivity contribution in [3.63, 3.8) is 0 Å². The Morgan fingerprint density at radius 1 is 1.00 bits per heavy atom. The molecule has 18 heavy (non-hydrogen) atoms. The largest absolute Gasteiger partial charge is 0.313 e. The Hall–Kier alpha value is -0.820. The molecule has 1 heteroatoms. The molecule has 2 rings (SSSR count). The third-order valence-corrected chi connectivity index (χ3v) is 4.62. The van der Waals surface area contributed by atoms with Crippen molar-refractivity contribution in [3.05, 3.63) is 34.9 Å². The van der Waals surface area contributed by atoms with Gasteiger partial charge in [0.05, 0.1) is 0 Å². The molecule has 2 atom stereocenters. The summed E-state index contributed by atoms with van der Waals surface area (Å²) in [4.78, 5) is 0. The van der Waals surface area contributed by atoms with Gasteiger partial charge in [0.25, 0.3) is 0 Å². The second-order valence-electron chi connectivity index (χ2n) is 6.10. The van der Waals surface area contributed by atoms with Crippen LogP contribution in [0.4, 0.5) is 0 Å². The maximum Gasteiger partial charge on any atom is 0.0346 e. The number of benzene rings is 1. The van der Waals surface area contributed by atoms with E-state index in [-0.39, 0.29) is 0 Å². The van der Waals surface area contributed by atoms with Crippen molar-refractivity contribution >= 4 is 0 Å². The predicted octanol–water partition coefficient (Wildman–Crippen LogP) is 4.12. The molecule has 0 radical (unpaired) electrons. The van der Waals surface area contributed by atoms with Gasteiger partial charge in [-0.2, -0.15) is 0 Å². The smallest absolute Gasteiger partial charge is 0.0346 e. The minimum Gasteiger partial charge on any atom is -0.313 e. The fourth-order valence-corrected chi connectivity index (χ4v) is 3.06. The van der Waals surface area contributed by atoms with E-state index in [0.29, 0.717) is 17.9 Å². The van der Waals surface area contributed by atoms with Gasteiger partial charge in [0.15, 0.2) is 0 Å². The molecule has 0 aromatic heterocycles. The van der Waals surface area contributed by atoms with Gasteiger partial charge in [0.1, 0.15) is 0 Å². The molecule has 0 bridgehead atoms. The summed E-state index contributed by atoms with van der Waals surface area (Å²) in [5.74, 6) is 1.37. The normalized spacial score (nSPS) is 18.5. The van der Waals surface area contributed by atoms with Gasteiger partial charge < -0.3 is 5.32 Å². The van der Waals surface area contributed by atoms with Crippen LogP contribution in [0.1, 0.15) is 56.3 Å². The van der Waals surface area contributed by atoms with E-state index in [1.165, 1.54) is 31.2 Å².